The van der Waals surface area contributed by atoms with E-state index in [9.17, 15) is 4.79 Å². The largest absolute Gasteiger partial charge is 0.497 e. The summed E-state index contributed by atoms with van der Waals surface area (Å²) in [7, 11) is 1.68. The molecule has 0 spiro atoms. The number of ketones is 1. The first-order valence-corrected chi connectivity index (χ1v) is 12.4. The van der Waals surface area contributed by atoms with Crippen molar-refractivity contribution in [2.45, 2.75) is 24.8 Å². The number of Topliss-reactive ketones (excluding diaryl/α,β-unsaturated/α-hetero) is 1. The number of para-hydroxylation sites is 2. The fourth-order valence-electron chi connectivity index (χ4n) is 5.37. The number of carbonyl (C=O) groups excluding carboxylic acids is 1. The van der Waals surface area contributed by atoms with Crippen molar-refractivity contribution in [1.29, 1.82) is 0 Å². The summed E-state index contributed by atoms with van der Waals surface area (Å²) in [6.07, 6.45) is 1.24. The average Bonchev–Trinajstić information content (AvgIpc) is 3.10. The van der Waals surface area contributed by atoms with Crippen LogP contribution in [0.3, 0.4) is 0 Å². The molecular weight excluding hydrogens is 444 g/mol. The molecule has 2 aliphatic rings. The van der Waals surface area contributed by atoms with Crippen molar-refractivity contribution in [3.63, 3.8) is 0 Å². The van der Waals surface area contributed by atoms with Gasteiger partial charge in [0.2, 0.25) is 0 Å². The average molecular weight is 473 g/mol. The molecule has 0 aromatic heterocycles. The molecule has 1 aliphatic heterocycles. The zero-order valence-corrected chi connectivity index (χ0v) is 20.2. The predicted molar refractivity (Wildman–Crippen MR) is 145 cm³/mol. The lowest BCUT2D eigenvalue weighted by Crippen LogP contribution is -2.26. The number of fused-ring (bicyclic) bond motifs is 1. The summed E-state index contributed by atoms with van der Waals surface area (Å²) in [5, 5.41) is 7.30. The van der Waals surface area contributed by atoms with Crippen LogP contribution in [0, 0.1) is 0 Å². The van der Waals surface area contributed by atoms with E-state index in [2.05, 4.69) is 77.4 Å². The molecule has 0 amide bonds. The summed E-state index contributed by atoms with van der Waals surface area (Å²) in [6, 6.07) is 34.9. The summed E-state index contributed by atoms with van der Waals surface area (Å²) in [6.45, 7) is 0. The van der Waals surface area contributed by atoms with Gasteiger partial charge in [-0.3, -0.25) is 4.79 Å². The zero-order chi connectivity index (χ0) is 24.5. The number of nitrogens with one attached hydrogen (secondary N) is 2. The van der Waals surface area contributed by atoms with Crippen LogP contribution in [0.5, 0.6) is 5.75 Å². The fraction of sp³-hybridized carbons (Fsp3) is 0.156. The standard InChI is InChI=1S/C32H28N2O2/c1-36-26-11-7-10-24(18-26)25-19-29-31(30(35)20-25)32(34-28-13-6-5-12-27(28)33-29)23-16-14-22(15-17-23)21-8-3-2-4-9-21/h2-18,25,32-34H,19-20H2,1H3. The van der Waals surface area contributed by atoms with Crippen molar-refractivity contribution in [3.05, 3.63) is 126 Å². The molecule has 4 heteroatoms. The van der Waals surface area contributed by atoms with Crippen molar-refractivity contribution in [2.75, 3.05) is 17.7 Å². The smallest absolute Gasteiger partial charge is 0.163 e. The molecule has 36 heavy (non-hydrogen) atoms. The molecule has 4 aromatic carbocycles. The van der Waals surface area contributed by atoms with Crippen molar-refractivity contribution < 1.29 is 9.53 Å². The molecule has 2 unspecified atom stereocenters. The third-order valence-corrected chi connectivity index (χ3v) is 7.23. The highest BCUT2D eigenvalue weighted by Crippen LogP contribution is 2.44. The van der Waals surface area contributed by atoms with Gasteiger partial charge in [0.25, 0.3) is 0 Å². The number of allylic oxidation sites excluding steroid dienone is 1. The monoisotopic (exact) mass is 472 g/mol. The Hall–Kier alpha value is -4.31. The molecule has 2 atom stereocenters. The maximum atomic E-state index is 13.8. The van der Waals surface area contributed by atoms with Crippen LogP contribution >= 0.6 is 0 Å². The molecule has 2 N–H and O–H groups in total. The Kier molecular flexibility index (Phi) is 5.78. The third kappa shape index (κ3) is 4.16. The van der Waals surface area contributed by atoms with Gasteiger partial charge in [-0.05, 0) is 58.9 Å². The second kappa shape index (κ2) is 9.38. The maximum Gasteiger partial charge on any atom is 0.163 e. The van der Waals surface area contributed by atoms with Crippen molar-refractivity contribution in [1.82, 2.24) is 0 Å². The fourth-order valence-corrected chi connectivity index (χ4v) is 5.37. The molecule has 4 aromatic rings. The minimum absolute atomic E-state index is 0.102. The Morgan fingerprint density at radius 3 is 2.22 bits per heavy atom. The highest BCUT2D eigenvalue weighted by atomic mass is 16.5. The normalized spacial score (nSPS) is 18.9. The van der Waals surface area contributed by atoms with Crippen molar-refractivity contribution in [2.24, 2.45) is 0 Å². The lowest BCUT2D eigenvalue weighted by Gasteiger charge is -2.30. The van der Waals surface area contributed by atoms with Crippen LogP contribution in [0.2, 0.25) is 0 Å². The van der Waals surface area contributed by atoms with Crippen molar-refractivity contribution >= 4 is 17.2 Å². The van der Waals surface area contributed by atoms with Gasteiger partial charge in [0.05, 0.1) is 24.5 Å². The zero-order valence-electron chi connectivity index (χ0n) is 20.2. The molecule has 1 aliphatic carbocycles. The molecule has 6 rings (SSSR count). The van der Waals surface area contributed by atoms with Crippen LogP contribution in [0.15, 0.2) is 114 Å². The van der Waals surface area contributed by atoms with E-state index in [1.165, 1.54) is 5.56 Å². The first kappa shape index (κ1) is 22.2. The van der Waals surface area contributed by atoms with Crippen LogP contribution in [0.25, 0.3) is 11.1 Å². The van der Waals surface area contributed by atoms with Gasteiger partial charge in [-0.25, -0.2) is 0 Å². The van der Waals surface area contributed by atoms with Gasteiger partial charge < -0.3 is 15.4 Å². The number of carbonyl (C=O) groups is 1. The quantitative estimate of drug-likeness (QED) is 0.326. The minimum Gasteiger partial charge on any atom is -0.497 e. The molecule has 0 saturated carbocycles. The molecule has 0 bridgehead atoms. The molecule has 0 saturated heterocycles. The van der Waals surface area contributed by atoms with Gasteiger partial charge in [-0.15, -0.1) is 0 Å². The summed E-state index contributed by atoms with van der Waals surface area (Å²) < 4.78 is 5.44. The van der Waals surface area contributed by atoms with E-state index >= 15 is 0 Å². The highest BCUT2D eigenvalue weighted by molar-refractivity contribution is 6.01. The van der Waals surface area contributed by atoms with Crippen molar-refractivity contribution in [3.8, 4) is 16.9 Å². The number of hydrogen-bond donors (Lipinski definition) is 2. The van der Waals surface area contributed by atoms with Crippen LogP contribution in [0.4, 0.5) is 11.4 Å². The number of rotatable bonds is 4. The van der Waals surface area contributed by atoms with Crippen LogP contribution in [-0.4, -0.2) is 12.9 Å². The Morgan fingerprint density at radius 2 is 1.44 bits per heavy atom. The van der Waals surface area contributed by atoms with Gasteiger partial charge >= 0.3 is 0 Å². The number of benzene rings is 4. The topological polar surface area (TPSA) is 50.4 Å². The van der Waals surface area contributed by atoms with E-state index in [1.54, 1.807) is 7.11 Å². The van der Waals surface area contributed by atoms with E-state index in [4.69, 9.17) is 4.74 Å². The van der Waals surface area contributed by atoms with Crippen LogP contribution in [-0.2, 0) is 4.79 Å². The lowest BCUT2D eigenvalue weighted by atomic mass is 9.78. The van der Waals surface area contributed by atoms with E-state index in [1.807, 2.05) is 36.4 Å². The summed E-state index contributed by atoms with van der Waals surface area (Å²) >= 11 is 0. The Balaban J connectivity index is 1.40. The Labute approximate surface area is 211 Å². The molecule has 4 nitrogen and oxygen atoms in total. The Bertz CT molecular complexity index is 1440. The second-order valence-electron chi connectivity index (χ2n) is 9.43. The number of anilines is 2. The minimum atomic E-state index is -0.222. The molecule has 1 heterocycles. The molecule has 0 fully saturated rings. The maximum absolute atomic E-state index is 13.8. The number of hydrogen-bond acceptors (Lipinski definition) is 4. The first-order valence-electron chi connectivity index (χ1n) is 12.4. The van der Waals surface area contributed by atoms with E-state index in [0.717, 1.165) is 51.5 Å². The third-order valence-electron chi connectivity index (χ3n) is 7.23. The predicted octanol–water partition coefficient (Wildman–Crippen LogP) is 7.34. The van der Waals surface area contributed by atoms with Gasteiger partial charge in [0.15, 0.2) is 5.78 Å². The van der Waals surface area contributed by atoms with Gasteiger partial charge in [-0.1, -0.05) is 78.9 Å². The van der Waals surface area contributed by atoms with Crippen LogP contribution in [0.1, 0.15) is 35.9 Å². The number of ether oxygens (including phenoxy) is 1. The van der Waals surface area contributed by atoms with Gasteiger partial charge in [0.1, 0.15) is 5.75 Å². The molecule has 0 radical (unpaired) electrons. The van der Waals surface area contributed by atoms with E-state index in [0.29, 0.717) is 6.42 Å². The second-order valence-corrected chi connectivity index (χ2v) is 9.43. The molecule has 178 valence electrons. The highest BCUT2D eigenvalue weighted by Gasteiger charge is 2.36. The van der Waals surface area contributed by atoms with E-state index in [-0.39, 0.29) is 17.7 Å². The number of methoxy groups -OCH3 is 1. The lowest BCUT2D eigenvalue weighted by molar-refractivity contribution is -0.116. The summed E-state index contributed by atoms with van der Waals surface area (Å²) in [5.41, 5.74) is 8.36. The Morgan fingerprint density at radius 1 is 0.722 bits per heavy atom. The van der Waals surface area contributed by atoms with Gasteiger partial charge in [-0.2, -0.15) is 0 Å². The summed E-state index contributed by atoms with van der Waals surface area (Å²) in [4.78, 5) is 13.8. The summed E-state index contributed by atoms with van der Waals surface area (Å²) in [5.74, 6) is 1.09. The van der Waals surface area contributed by atoms with E-state index < -0.39 is 0 Å². The van der Waals surface area contributed by atoms with Gasteiger partial charge in [0, 0.05) is 17.7 Å². The van der Waals surface area contributed by atoms with Crippen LogP contribution < -0.4 is 15.4 Å². The molecular formula is C32H28N2O2. The SMILES string of the molecule is COc1cccc(C2CC(=O)C3=C(C2)Nc2ccccc2NC3c2ccc(-c3ccccc3)cc2)c1. The first-order chi connectivity index (χ1) is 17.7.